The van der Waals surface area contributed by atoms with Gasteiger partial charge in [0.1, 0.15) is 5.75 Å². The van der Waals surface area contributed by atoms with Crippen LogP contribution in [0.25, 0.3) is 0 Å². The molecule has 1 aliphatic rings. The van der Waals surface area contributed by atoms with Crippen molar-refractivity contribution in [1.82, 2.24) is 15.3 Å². The molecule has 1 fully saturated rings. The monoisotopic (exact) mass is 347 g/mol. The first-order valence-electron chi connectivity index (χ1n) is 7.11. The van der Waals surface area contributed by atoms with Crippen molar-refractivity contribution >= 4 is 15.9 Å². The minimum Gasteiger partial charge on any atom is -0.424 e. The predicted octanol–water partition coefficient (Wildman–Crippen LogP) is 3.90. The number of nitrogens with zero attached hydrogens (tertiary/aromatic N) is 2. The zero-order chi connectivity index (χ0) is 14.8. The summed E-state index contributed by atoms with van der Waals surface area (Å²) in [6.45, 7) is 4.90. The second-order valence-corrected chi connectivity index (χ2v) is 6.30. The van der Waals surface area contributed by atoms with Crippen molar-refractivity contribution in [2.24, 2.45) is 0 Å². The molecule has 0 saturated heterocycles. The molecule has 3 rings (SSSR count). The van der Waals surface area contributed by atoms with Gasteiger partial charge in [-0.25, -0.2) is 9.97 Å². The number of aromatic nitrogens is 2. The maximum atomic E-state index is 5.72. The van der Waals surface area contributed by atoms with Crippen LogP contribution in [0.4, 0.5) is 0 Å². The molecule has 0 spiro atoms. The molecule has 1 saturated carbocycles. The van der Waals surface area contributed by atoms with Crippen molar-refractivity contribution in [1.29, 1.82) is 0 Å². The first-order chi connectivity index (χ1) is 10.1. The Kier molecular flexibility index (Phi) is 4.22. The van der Waals surface area contributed by atoms with Crippen molar-refractivity contribution in [2.75, 3.05) is 0 Å². The normalized spacial score (nSPS) is 14.2. The molecule has 1 aromatic heterocycles. The van der Waals surface area contributed by atoms with Crippen molar-refractivity contribution in [3.8, 4) is 11.8 Å². The first-order valence-corrected chi connectivity index (χ1v) is 7.90. The molecule has 1 heterocycles. The van der Waals surface area contributed by atoms with Crippen LogP contribution in [0.15, 0.2) is 29.0 Å². The molecule has 0 unspecified atom stereocenters. The van der Waals surface area contributed by atoms with E-state index < -0.39 is 0 Å². The lowest BCUT2D eigenvalue weighted by molar-refractivity contribution is 0.440. The number of aryl methyl sites for hydroxylation is 2. The van der Waals surface area contributed by atoms with Gasteiger partial charge in [-0.05, 0) is 49.9 Å². The van der Waals surface area contributed by atoms with E-state index in [-0.39, 0.29) is 0 Å². The lowest BCUT2D eigenvalue weighted by Gasteiger charge is -2.09. The van der Waals surface area contributed by atoms with Crippen molar-refractivity contribution in [3.63, 3.8) is 0 Å². The van der Waals surface area contributed by atoms with Gasteiger partial charge >= 0.3 is 6.01 Å². The number of benzene rings is 1. The topological polar surface area (TPSA) is 47.0 Å². The summed E-state index contributed by atoms with van der Waals surface area (Å²) >= 11 is 3.55. The second-order valence-electron chi connectivity index (χ2n) is 5.50. The van der Waals surface area contributed by atoms with Crippen molar-refractivity contribution in [2.45, 2.75) is 39.3 Å². The molecule has 0 aliphatic heterocycles. The van der Waals surface area contributed by atoms with E-state index in [0.717, 1.165) is 33.5 Å². The van der Waals surface area contributed by atoms with Crippen LogP contribution in [-0.4, -0.2) is 16.0 Å². The Balaban J connectivity index is 1.66. The SMILES string of the molecule is Cc1cc(Oc2ncc(CNC3CC3)cn2)cc(C)c1Br. The summed E-state index contributed by atoms with van der Waals surface area (Å²) in [7, 11) is 0. The highest BCUT2D eigenvalue weighted by molar-refractivity contribution is 9.10. The smallest absolute Gasteiger partial charge is 0.321 e. The highest BCUT2D eigenvalue weighted by Gasteiger charge is 2.20. The van der Waals surface area contributed by atoms with E-state index >= 15 is 0 Å². The quantitative estimate of drug-likeness (QED) is 0.890. The Morgan fingerprint density at radius 1 is 1.19 bits per heavy atom. The number of nitrogens with one attached hydrogen (secondary N) is 1. The molecule has 110 valence electrons. The maximum absolute atomic E-state index is 5.72. The van der Waals surface area contributed by atoms with E-state index in [1.165, 1.54) is 12.8 Å². The summed E-state index contributed by atoms with van der Waals surface area (Å²) < 4.78 is 6.83. The van der Waals surface area contributed by atoms with Crippen molar-refractivity contribution in [3.05, 3.63) is 45.7 Å². The molecule has 1 aliphatic carbocycles. The molecule has 1 N–H and O–H groups in total. The van der Waals surface area contributed by atoms with Gasteiger partial charge in [0.2, 0.25) is 0 Å². The van der Waals surface area contributed by atoms with Gasteiger partial charge in [0.05, 0.1) is 0 Å². The van der Waals surface area contributed by atoms with Crippen molar-refractivity contribution < 1.29 is 4.74 Å². The zero-order valence-electron chi connectivity index (χ0n) is 12.2. The molecular weight excluding hydrogens is 330 g/mol. The van der Waals surface area contributed by atoms with E-state index in [0.29, 0.717) is 12.1 Å². The Hall–Kier alpha value is -1.46. The molecule has 2 aromatic rings. The minimum atomic E-state index is 0.381. The van der Waals surface area contributed by atoms with Crippen LogP contribution < -0.4 is 10.1 Å². The fourth-order valence-corrected chi connectivity index (χ4v) is 2.34. The molecular formula is C16H18BrN3O. The summed E-state index contributed by atoms with van der Waals surface area (Å²) in [5, 5.41) is 3.44. The molecule has 5 heteroatoms. The average molecular weight is 348 g/mol. The average Bonchev–Trinajstić information content (AvgIpc) is 3.28. The predicted molar refractivity (Wildman–Crippen MR) is 85.6 cm³/mol. The maximum Gasteiger partial charge on any atom is 0.321 e. The number of rotatable bonds is 5. The summed E-state index contributed by atoms with van der Waals surface area (Å²) in [4.78, 5) is 8.54. The van der Waals surface area contributed by atoms with Gasteiger partial charge in [0, 0.05) is 35.0 Å². The van der Waals surface area contributed by atoms with Crippen LogP contribution in [-0.2, 0) is 6.54 Å². The summed E-state index contributed by atoms with van der Waals surface area (Å²) in [5.74, 6) is 0.761. The Morgan fingerprint density at radius 3 is 2.38 bits per heavy atom. The Bertz CT molecular complexity index is 615. The largest absolute Gasteiger partial charge is 0.424 e. The number of hydrogen-bond acceptors (Lipinski definition) is 4. The first kappa shape index (κ1) is 14.5. The molecule has 1 aromatic carbocycles. The molecule has 0 amide bonds. The van der Waals surface area contributed by atoms with E-state index in [1.54, 1.807) is 0 Å². The van der Waals surface area contributed by atoms with E-state index in [2.05, 4.69) is 31.2 Å². The van der Waals surface area contributed by atoms with Gasteiger partial charge in [-0.3, -0.25) is 0 Å². The molecule has 0 atom stereocenters. The van der Waals surface area contributed by atoms with E-state index in [9.17, 15) is 0 Å². The van der Waals surface area contributed by atoms with Crippen LogP contribution in [0.2, 0.25) is 0 Å². The molecule has 0 bridgehead atoms. The van der Waals surface area contributed by atoms with Gasteiger partial charge in [0.25, 0.3) is 0 Å². The lowest BCUT2D eigenvalue weighted by atomic mass is 10.1. The second kappa shape index (κ2) is 6.12. The summed E-state index contributed by atoms with van der Waals surface area (Å²) in [6, 6.07) is 5.02. The molecule has 4 nitrogen and oxygen atoms in total. The standard InChI is InChI=1S/C16H18BrN3O/c1-10-5-14(6-11(2)15(10)17)21-16-19-8-12(9-20-16)7-18-13-3-4-13/h5-6,8-9,13,18H,3-4,7H2,1-2H3. The fraction of sp³-hybridized carbons (Fsp3) is 0.375. The number of halogens is 1. The van der Waals surface area contributed by atoms with E-state index in [4.69, 9.17) is 4.74 Å². The molecule has 21 heavy (non-hydrogen) atoms. The van der Waals surface area contributed by atoms with Gasteiger partial charge in [-0.15, -0.1) is 0 Å². The third-order valence-corrected chi connectivity index (χ3v) is 4.72. The Labute approximate surface area is 133 Å². The number of ether oxygens (including phenoxy) is 1. The minimum absolute atomic E-state index is 0.381. The van der Waals surface area contributed by atoms with Gasteiger partial charge in [-0.2, -0.15) is 0 Å². The van der Waals surface area contributed by atoms with Crippen LogP contribution in [0, 0.1) is 13.8 Å². The number of hydrogen-bond donors (Lipinski definition) is 1. The zero-order valence-corrected chi connectivity index (χ0v) is 13.8. The van der Waals surface area contributed by atoms with Crippen LogP contribution >= 0.6 is 15.9 Å². The third-order valence-electron chi connectivity index (χ3n) is 3.47. The van der Waals surface area contributed by atoms with Crippen LogP contribution in [0.3, 0.4) is 0 Å². The lowest BCUT2D eigenvalue weighted by Crippen LogP contribution is -2.15. The fourth-order valence-electron chi connectivity index (χ4n) is 2.11. The van der Waals surface area contributed by atoms with E-state index in [1.807, 2.05) is 38.4 Å². The van der Waals surface area contributed by atoms with Crippen LogP contribution in [0.1, 0.15) is 29.5 Å². The van der Waals surface area contributed by atoms with Gasteiger partial charge in [-0.1, -0.05) is 15.9 Å². The summed E-state index contributed by atoms with van der Waals surface area (Å²) in [5.41, 5.74) is 3.35. The summed E-state index contributed by atoms with van der Waals surface area (Å²) in [6.07, 6.45) is 6.20. The third kappa shape index (κ3) is 3.80. The van der Waals surface area contributed by atoms with Gasteiger partial charge < -0.3 is 10.1 Å². The molecule has 0 radical (unpaired) electrons. The Morgan fingerprint density at radius 2 is 1.81 bits per heavy atom. The highest BCUT2D eigenvalue weighted by atomic mass is 79.9. The van der Waals surface area contributed by atoms with Gasteiger partial charge in [0.15, 0.2) is 0 Å². The van der Waals surface area contributed by atoms with Crippen LogP contribution in [0.5, 0.6) is 11.8 Å². The highest BCUT2D eigenvalue weighted by Crippen LogP contribution is 2.28.